The summed E-state index contributed by atoms with van der Waals surface area (Å²) in [6.07, 6.45) is -1.38. The fraction of sp³-hybridized carbons (Fsp3) is 0.684. The number of aliphatic hydroxyl groups excluding tert-OH is 1. The topological polar surface area (TPSA) is 122 Å². The van der Waals surface area contributed by atoms with Crippen molar-refractivity contribution in [2.24, 2.45) is 28.8 Å². The lowest BCUT2D eigenvalue weighted by atomic mass is 9.62. The Morgan fingerprint density at radius 3 is 2.52 bits per heavy atom. The molecule has 0 radical (unpaired) electrons. The van der Waals surface area contributed by atoms with Crippen LogP contribution >= 0.6 is 0 Å². The molecule has 1 spiro atoms. The third-order valence-corrected chi connectivity index (χ3v) is 6.50. The minimum absolute atomic E-state index is 0.0631. The molecule has 8 heteroatoms. The van der Waals surface area contributed by atoms with E-state index in [2.05, 4.69) is 5.16 Å². The lowest BCUT2D eigenvalue weighted by Gasteiger charge is -2.54. The lowest BCUT2D eigenvalue weighted by Crippen LogP contribution is -2.66. The van der Waals surface area contributed by atoms with Crippen LogP contribution in [0.4, 0.5) is 0 Å². The Labute approximate surface area is 156 Å². The maximum atomic E-state index is 13.0. The predicted molar refractivity (Wildman–Crippen MR) is 90.8 cm³/mol. The standard InChI is InChI=1S/C19H23NO7/c1-7-4-8(2)14(22)12-17-19(27-18(12)24)6-9(3)16(26-17)15(23)13(19)10(20-25)5-11(7)21/h7-9,13,15-16,23,25H,4-6H2,1-3H3/b20-10+/t7-,8+,9+,13+,15+,16+,19+/m0/s1. The maximum Gasteiger partial charge on any atom is 0.346 e. The molecule has 5 rings (SSSR count). The first-order chi connectivity index (χ1) is 12.7. The predicted octanol–water partition coefficient (Wildman–Crippen LogP) is 0.986. The number of ketones is 2. The summed E-state index contributed by atoms with van der Waals surface area (Å²) in [6.45, 7) is 5.24. The van der Waals surface area contributed by atoms with Gasteiger partial charge in [-0.05, 0) is 12.3 Å². The van der Waals surface area contributed by atoms with Gasteiger partial charge in [0.25, 0.3) is 0 Å². The van der Waals surface area contributed by atoms with E-state index in [1.54, 1.807) is 13.8 Å². The molecule has 5 bridgehead atoms. The Kier molecular flexibility index (Phi) is 3.96. The van der Waals surface area contributed by atoms with E-state index in [0.717, 1.165) is 0 Å². The van der Waals surface area contributed by atoms with Crippen molar-refractivity contribution in [3.63, 3.8) is 0 Å². The molecule has 146 valence electrons. The zero-order valence-electron chi connectivity index (χ0n) is 15.5. The monoisotopic (exact) mass is 377 g/mol. The van der Waals surface area contributed by atoms with Crippen LogP contribution in [0.2, 0.25) is 0 Å². The van der Waals surface area contributed by atoms with Crippen LogP contribution in [0.5, 0.6) is 0 Å². The molecule has 0 unspecified atom stereocenters. The quantitative estimate of drug-likeness (QED) is 0.279. The summed E-state index contributed by atoms with van der Waals surface area (Å²) < 4.78 is 11.6. The Morgan fingerprint density at radius 2 is 1.85 bits per heavy atom. The van der Waals surface area contributed by atoms with Crippen LogP contribution in [0.15, 0.2) is 16.5 Å². The molecule has 0 amide bonds. The van der Waals surface area contributed by atoms with Crippen molar-refractivity contribution in [2.75, 3.05) is 0 Å². The SMILES string of the molecule is C[C@@H]1C[C@H](C)C(=O)C/C(=N\O)[C@@H]2[C@@H](O)[C@@H]3OC4=C(C(=O)O[C@@]42C[C@H]3C)C1=O. The van der Waals surface area contributed by atoms with Gasteiger partial charge in [-0.25, -0.2) is 4.79 Å². The van der Waals surface area contributed by atoms with E-state index >= 15 is 0 Å². The third-order valence-electron chi connectivity index (χ3n) is 6.50. The number of ether oxygens (including phenoxy) is 2. The Balaban J connectivity index is 1.95. The fourth-order valence-electron chi connectivity index (χ4n) is 5.16. The first-order valence-electron chi connectivity index (χ1n) is 9.31. The molecule has 0 aromatic rings. The summed E-state index contributed by atoms with van der Waals surface area (Å²) in [5, 5.41) is 23.8. The van der Waals surface area contributed by atoms with Gasteiger partial charge in [-0.2, -0.15) is 0 Å². The van der Waals surface area contributed by atoms with Crippen LogP contribution in [0.25, 0.3) is 0 Å². The zero-order chi connectivity index (χ0) is 19.7. The van der Waals surface area contributed by atoms with Crippen molar-refractivity contribution in [1.29, 1.82) is 0 Å². The van der Waals surface area contributed by atoms with E-state index in [1.165, 1.54) is 0 Å². The molecule has 5 aliphatic rings. The van der Waals surface area contributed by atoms with Crippen molar-refractivity contribution in [1.82, 2.24) is 0 Å². The molecule has 0 aromatic heterocycles. The van der Waals surface area contributed by atoms with Gasteiger partial charge in [-0.15, -0.1) is 0 Å². The minimum atomic E-state index is -1.41. The van der Waals surface area contributed by atoms with Crippen LogP contribution in [-0.2, 0) is 23.9 Å². The summed E-state index contributed by atoms with van der Waals surface area (Å²) in [7, 11) is 0. The molecule has 7 atom stereocenters. The highest BCUT2D eigenvalue weighted by Gasteiger charge is 2.69. The first-order valence-corrected chi connectivity index (χ1v) is 9.31. The second-order valence-corrected chi connectivity index (χ2v) is 8.35. The number of fused-ring (bicyclic) bond motifs is 1. The number of hydrogen-bond acceptors (Lipinski definition) is 8. The van der Waals surface area contributed by atoms with Gasteiger partial charge in [0.15, 0.2) is 17.1 Å². The van der Waals surface area contributed by atoms with Gasteiger partial charge in [0.1, 0.15) is 23.6 Å². The van der Waals surface area contributed by atoms with Gasteiger partial charge in [0, 0.05) is 24.7 Å². The molecule has 2 saturated heterocycles. The van der Waals surface area contributed by atoms with E-state index < -0.39 is 47.3 Å². The van der Waals surface area contributed by atoms with Crippen molar-refractivity contribution in [3.05, 3.63) is 11.3 Å². The van der Waals surface area contributed by atoms with Crippen LogP contribution < -0.4 is 0 Å². The Morgan fingerprint density at radius 1 is 1.15 bits per heavy atom. The van der Waals surface area contributed by atoms with Crippen LogP contribution in [-0.4, -0.2) is 51.4 Å². The van der Waals surface area contributed by atoms with Crippen molar-refractivity contribution < 1.29 is 34.2 Å². The number of carbonyl (C=O) groups is 3. The summed E-state index contributed by atoms with van der Waals surface area (Å²) in [6, 6.07) is 0. The number of rotatable bonds is 0. The van der Waals surface area contributed by atoms with Crippen LogP contribution in [0, 0.1) is 23.7 Å². The van der Waals surface area contributed by atoms with E-state index in [-0.39, 0.29) is 41.6 Å². The average molecular weight is 377 g/mol. The molecule has 2 aliphatic carbocycles. The molecule has 1 saturated carbocycles. The van der Waals surface area contributed by atoms with Gasteiger partial charge in [-0.3, -0.25) is 9.59 Å². The minimum Gasteiger partial charge on any atom is -0.486 e. The highest BCUT2D eigenvalue weighted by Crippen LogP contribution is 2.56. The number of oxime groups is 1. The molecule has 3 fully saturated rings. The molecule has 2 N–H and O–H groups in total. The van der Waals surface area contributed by atoms with Crippen molar-refractivity contribution in [2.45, 2.75) is 57.8 Å². The summed E-state index contributed by atoms with van der Waals surface area (Å²) in [5.74, 6) is -3.32. The second kappa shape index (κ2) is 5.89. The molecule has 27 heavy (non-hydrogen) atoms. The average Bonchev–Trinajstić information content (AvgIpc) is 2.89. The van der Waals surface area contributed by atoms with E-state index in [9.17, 15) is 24.7 Å². The maximum absolute atomic E-state index is 13.0. The summed E-state index contributed by atoms with van der Waals surface area (Å²) in [4.78, 5) is 38.3. The largest absolute Gasteiger partial charge is 0.486 e. The zero-order valence-corrected chi connectivity index (χ0v) is 15.5. The van der Waals surface area contributed by atoms with Crippen LogP contribution in [0.1, 0.15) is 40.0 Å². The highest BCUT2D eigenvalue weighted by molar-refractivity contribution is 6.21. The molecule has 3 heterocycles. The molecular formula is C19H23NO7. The number of carbonyl (C=O) groups excluding carboxylic acids is 3. The van der Waals surface area contributed by atoms with Gasteiger partial charge in [0.2, 0.25) is 0 Å². The number of esters is 1. The van der Waals surface area contributed by atoms with Gasteiger partial charge >= 0.3 is 5.97 Å². The van der Waals surface area contributed by atoms with Crippen molar-refractivity contribution >= 4 is 23.2 Å². The second-order valence-electron chi connectivity index (χ2n) is 8.35. The lowest BCUT2D eigenvalue weighted by molar-refractivity contribution is -0.216. The summed E-state index contributed by atoms with van der Waals surface area (Å²) in [5.41, 5.74) is -1.48. The van der Waals surface area contributed by atoms with Gasteiger partial charge in [0.05, 0.1) is 11.6 Å². The Bertz CT molecular complexity index is 800. The van der Waals surface area contributed by atoms with Gasteiger partial charge in [-0.1, -0.05) is 25.9 Å². The molecule has 8 nitrogen and oxygen atoms in total. The normalized spacial score (nSPS) is 45.6. The molecule has 0 aromatic carbocycles. The Hall–Kier alpha value is -2.22. The van der Waals surface area contributed by atoms with Crippen molar-refractivity contribution in [3.8, 4) is 0 Å². The molecular weight excluding hydrogens is 354 g/mol. The van der Waals surface area contributed by atoms with Gasteiger partial charge < -0.3 is 19.8 Å². The number of hydrogen-bond donors (Lipinski definition) is 2. The van der Waals surface area contributed by atoms with E-state index in [0.29, 0.717) is 6.42 Å². The first kappa shape index (κ1) is 18.2. The smallest absolute Gasteiger partial charge is 0.346 e. The number of aliphatic hydroxyl groups is 1. The number of Topliss-reactive ketones (excluding diaryl/α,β-unsaturated/α-hetero) is 2. The molecule has 3 aliphatic heterocycles. The number of nitrogens with zero attached hydrogens (tertiary/aromatic N) is 1. The van der Waals surface area contributed by atoms with E-state index in [4.69, 9.17) is 9.47 Å². The summed E-state index contributed by atoms with van der Waals surface area (Å²) >= 11 is 0. The van der Waals surface area contributed by atoms with Crippen LogP contribution in [0.3, 0.4) is 0 Å². The third kappa shape index (κ3) is 2.32. The highest BCUT2D eigenvalue weighted by atomic mass is 16.6. The fourth-order valence-corrected chi connectivity index (χ4v) is 5.16. The van der Waals surface area contributed by atoms with E-state index in [1.807, 2.05) is 6.92 Å².